The van der Waals surface area contributed by atoms with Crippen LogP contribution in [-0.2, 0) is 0 Å². The molecule has 2 saturated carbocycles. The monoisotopic (exact) mass is 870 g/mol. The van der Waals surface area contributed by atoms with Crippen LogP contribution in [0.1, 0.15) is 206 Å². The maximum absolute atomic E-state index is 2.67. The van der Waals surface area contributed by atoms with Gasteiger partial charge in [0.1, 0.15) is 0 Å². The first-order valence-corrected chi connectivity index (χ1v) is 27.3. The van der Waals surface area contributed by atoms with Crippen LogP contribution in [-0.4, -0.2) is 162 Å². The summed E-state index contributed by atoms with van der Waals surface area (Å²) < 4.78 is 0. The molecule has 0 aromatic carbocycles. The second kappa shape index (κ2) is 29.1. The van der Waals surface area contributed by atoms with Gasteiger partial charge in [-0.1, -0.05) is 25.3 Å². The minimum Gasteiger partial charge on any atom is -0.375 e. The third kappa shape index (κ3) is 20.9. The molecule has 6 saturated heterocycles. The van der Waals surface area contributed by atoms with E-state index in [-0.39, 0.29) is 0 Å². The predicted octanol–water partition coefficient (Wildman–Crippen LogP) is 12.1. The summed E-state index contributed by atoms with van der Waals surface area (Å²) in [5.74, 6) is 0. The van der Waals surface area contributed by atoms with Gasteiger partial charge in [0.25, 0.3) is 0 Å². The SMILES string of the molecule is CC(C)N1C=CCC1.CC(C)N1CCC1.CC(C)N1CCC2(CC2)C1.CC(C)N1CCC2(CCCCC2)C1.CC(C)N1CCCC1.CC(C)N1CCCC1.CC(C)N1CCCC1. The molecule has 9 rings (SSSR count). The standard InChI is InChI=1S/C12H23N.C9H17N.3C7H15N.C7H13N.C6H13N/c1-11(2)13-9-8-12(10-13)6-4-3-5-7-12;1-8(2)10-6-5-9(7-10)3-4-9;4*1-7(2)8-5-3-4-6-8;1-6(2)7-4-3-5-7/h11H,3-10H2,1-2H3;8H,3-7H2,1-2H3;3*7H,3-6H2,1-2H3;3,5,7H,4,6H2,1-2H3;6H,3-5H2,1-2H3. The van der Waals surface area contributed by atoms with E-state index in [4.69, 9.17) is 0 Å². The fourth-order valence-corrected chi connectivity index (χ4v) is 10.7. The predicted molar refractivity (Wildman–Crippen MR) is 275 cm³/mol. The topological polar surface area (TPSA) is 22.7 Å². The highest BCUT2D eigenvalue weighted by molar-refractivity contribution is 5.01. The largest absolute Gasteiger partial charge is 0.375 e. The van der Waals surface area contributed by atoms with E-state index in [1.54, 1.807) is 0 Å². The van der Waals surface area contributed by atoms with Crippen LogP contribution >= 0.6 is 0 Å². The summed E-state index contributed by atoms with van der Waals surface area (Å²) in [6, 6.07) is 5.34. The van der Waals surface area contributed by atoms with Crippen molar-refractivity contribution in [3.8, 4) is 0 Å². The average molecular weight is 871 g/mol. The van der Waals surface area contributed by atoms with Gasteiger partial charge in [0, 0.05) is 61.9 Å². The first-order valence-electron chi connectivity index (χ1n) is 27.3. The lowest BCUT2D eigenvalue weighted by atomic mass is 9.73. The van der Waals surface area contributed by atoms with Gasteiger partial charge in [0.2, 0.25) is 0 Å². The Morgan fingerprint density at radius 3 is 0.806 bits per heavy atom. The molecule has 366 valence electrons. The number of likely N-dealkylation sites (tertiary alicyclic amines) is 6. The lowest BCUT2D eigenvalue weighted by Gasteiger charge is -2.34. The molecular weight excluding hydrogens is 759 g/mol. The first-order chi connectivity index (χ1) is 29.5. The van der Waals surface area contributed by atoms with Crippen molar-refractivity contribution >= 4 is 0 Å². The molecule has 0 unspecified atom stereocenters. The van der Waals surface area contributed by atoms with Crippen LogP contribution in [0.5, 0.6) is 0 Å². The van der Waals surface area contributed by atoms with Crippen molar-refractivity contribution in [1.29, 1.82) is 0 Å². The van der Waals surface area contributed by atoms with E-state index in [0.29, 0.717) is 6.04 Å². The average Bonchev–Trinajstić information content (AvgIpc) is 4.00. The fourth-order valence-electron chi connectivity index (χ4n) is 10.7. The summed E-state index contributed by atoms with van der Waals surface area (Å²) in [4.78, 5) is 17.7. The van der Waals surface area contributed by atoms with Gasteiger partial charge in [0.15, 0.2) is 0 Å². The van der Waals surface area contributed by atoms with Crippen LogP contribution in [0.15, 0.2) is 12.3 Å². The highest BCUT2D eigenvalue weighted by Gasteiger charge is 2.47. The van der Waals surface area contributed by atoms with Gasteiger partial charge >= 0.3 is 0 Å². The number of hydrogen-bond acceptors (Lipinski definition) is 7. The highest BCUT2D eigenvalue weighted by atomic mass is 15.2. The van der Waals surface area contributed by atoms with E-state index in [1.807, 2.05) is 0 Å². The second-order valence-electron chi connectivity index (χ2n) is 23.2. The summed E-state index contributed by atoms with van der Waals surface area (Å²) in [5, 5.41) is 0. The Kier molecular flexibility index (Phi) is 26.1. The van der Waals surface area contributed by atoms with Gasteiger partial charge < -0.3 is 34.3 Å². The Morgan fingerprint density at radius 1 is 0.290 bits per heavy atom. The van der Waals surface area contributed by atoms with Crippen molar-refractivity contribution in [1.82, 2.24) is 34.3 Å². The summed E-state index contributed by atoms with van der Waals surface area (Å²) in [6.07, 6.45) is 29.0. The zero-order valence-corrected chi connectivity index (χ0v) is 44.5. The summed E-state index contributed by atoms with van der Waals surface area (Å²) in [7, 11) is 0. The van der Waals surface area contributed by atoms with Gasteiger partial charge in [-0.25, -0.2) is 0 Å². The highest BCUT2D eigenvalue weighted by Crippen LogP contribution is 2.53. The fraction of sp³-hybridized carbons (Fsp3) is 0.964. The molecule has 0 amide bonds. The van der Waals surface area contributed by atoms with Crippen molar-refractivity contribution in [3.05, 3.63) is 12.3 Å². The van der Waals surface area contributed by atoms with Crippen LogP contribution in [0, 0.1) is 10.8 Å². The maximum atomic E-state index is 2.67. The molecule has 7 heteroatoms. The Hall–Kier alpha value is -0.700. The van der Waals surface area contributed by atoms with Crippen molar-refractivity contribution in [3.63, 3.8) is 0 Å². The van der Waals surface area contributed by atoms with E-state index >= 15 is 0 Å². The quantitative estimate of drug-likeness (QED) is 0.251. The Bertz CT molecular complexity index is 1080. The number of rotatable bonds is 7. The Balaban J connectivity index is 0.000000195. The number of hydrogen-bond donors (Lipinski definition) is 0. The van der Waals surface area contributed by atoms with E-state index in [9.17, 15) is 0 Å². The zero-order chi connectivity index (χ0) is 45.7. The third-order valence-electron chi connectivity index (χ3n) is 16.0. The van der Waals surface area contributed by atoms with Crippen LogP contribution in [0.4, 0.5) is 0 Å². The molecule has 0 atom stereocenters. The van der Waals surface area contributed by atoms with Gasteiger partial charge in [-0.3, -0.25) is 0 Å². The molecule has 0 N–H and O–H groups in total. The molecule has 62 heavy (non-hydrogen) atoms. The van der Waals surface area contributed by atoms with Crippen LogP contribution < -0.4 is 0 Å². The molecule has 7 heterocycles. The van der Waals surface area contributed by atoms with Crippen LogP contribution in [0.3, 0.4) is 0 Å². The Labute approximate surface area is 389 Å². The van der Waals surface area contributed by atoms with Crippen molar-refractivity contribution < 1.29 is 0 Å². The molecule has 8 fully saturated rings. The van der Waals surface area contributed by atoms with E-state index in [1.165, 1.54) is 194 Å². The van der Waals surface area contributed by atoms with Gasteiger partial charge in [-0.05, 0) is 269 Å². The summed E-state index contributed by atoms with van der Waals surface area (Å²) >= 11 is 0. The van der Waals surface area contributed by atoms with Crippen LogP contribution in [0.25, 0.3) is 0 Å². The van der Waals surface area contributed by atoms with E-state index < -0.39 is 0 Å². The molecule has 0 aromatic heterocycles. The first kappa shape index (κ1) is 55.6. The second-order valence-corrected chi connectivity index (χ2v) is 23.2. The summed E-state index contributed by atoms with van der Waals surface area (Å²) in [6.45, 7) is 49.2. The Morgan fingerprint density at radius 2 is 0.613 bits per heavy atom. The normalized spacial score (nSPS) is 24.8. The van der Waals surface area contributed by atoms with Gasteiger partial charge in [-0.2, -0.15) is 0 Å². The molecular formula is C55H111N7. The minimum absolute atomic E-state index is 0.689. The lowest BCUT2D eigenvalue weighted by molar-refractivity contribution is 0.138. The van der Waals surface area contributed by atoms with E-state index in [2.05, 4.69) is 144 Å². The molecule has 0 aromatic rings. The smallest absolute Gasteiger partial charge is 0.0227 e. The maximum Gasteiger partial charge on any atom is 0.0227 e. The molecule has 0 radical (unpaired) electrons. The van der Waals surface area contributed by atoms with E-state index in [0.717, 1.165) is 47.1 Å². The zero-order valence-electron chi connectivity index (χ0n) is 44.5. The molecule has 7 aliphatic heterocycles. The minimum atomic E-state index is 0.689. The van der Waals surface area contributed by atoms with Crippen molar-refractivity contribution in [2.45, 2.75) is 248 Å². The van der Waals surface area contributed by atoms with Crippen molar-refractivity contribution in [2.75, 3.05) is 85.1 Å². The summed E-state index contributed by atoms with van der Waals surface area (Å²) in [5.41, 5.74) is 1.58. The van der Waals surface area contributed by atoms with Gasteiger partial charge in [0.05, 0.1) is 0 Å². The molecule has 0 bridgehead atoms. The van der Waals surface area contributed by atoms with Crippen LogP contribution in [0.2, 0.25) is 0 Å². The number of nitrogens with zero attached hydrogens (tertiary/aromatic N) is 7. The molecule has 2 aliphatic carbocycles. The lowest BCUT2D eigenvalue weighted by Crippen LogP contribution is -2.41. The molecule has 9 aliphatic rings. The third-order valence-corrected chi connectivity index (χ3v) is 16.0. The molecule has 2 spiro atoms. The van der Waals surface area contributed by atoms with Gasteiger partial charge in [-0.15, -0.1) is 0 Å². The van der Waals surface area contributed by atoms with Crippen molar-refractivity contribution in [2.24, 2.45) is 10.8 Å². The molecule has 7 nitrogen and oxygen atoms in total.